The lowest BCUT2D eigenvalue weighted by molar-refractivity contribution is -0.870. The summed E-state index contributed by atoms with van der Waals surface area (Å²) in [4.78, 5) is 19.5. The van der Waals surface area contributed by atoms with Gasteiger partial charge in [0, 0.05) is 12.7 Å². The molecule has 0 radical (unpaired) electrons. The molecule has 0 fully saturated rings. The Labute approximate surface area is 279 Å². The molecule has 0 aliphatic carbocycles. The summed E-state index contributed by atoms with van der Waals surface area (Å²) < 4.78 is 47.3. The van der Waals surface area contributed by atoms with E-state index < -0.39 is 15.6 Å². The molecule has 0 aliphatic heterocycles. The van der Waals surface area contributed by atoms with Gasteiger partial charge in [-0.05, 0) is 32.1 Å². The van der Waals surface area contributed by atoms with E-state index in [0.29, 0.717) is 22.1 Å². The molecule has 0 saturated heterocycles. The molecule has 2 unspecified atom stereocenters. The zero-order chi connectivity index (χ0) is 34.4. The van der Waals surface area contributed by atoms with E-state index in [-0.39, 0.29) is 26.4 Å². The van der Waals surface area contributed by atoms with Crippen LogP contribution in [-0.4, -0.2) is 116 Å². The maximum atomic E-state index is 11.9. The van der Waals surface area contributed by atoms with Gasteiger partial charge in [-0.3, -0.25) is 22.8 Å². The lowest BCUT2D eigenvalue weighted by Gasteiger charge is -2.24. The van der Waals surface area contributed by atoms with Crippen molar-refractivity contribution in [3.05, 3.63) is 11.9 Å². The Morgan fingerprint density at radius 2 is 0.957 bits per heavy atom. The van der Waals surface area contributed by atoms with E-state index in [1.54, 1.807) is 0 Å². The van der Waals surface area contributed by atoms with Crippen LogP contribution < -0.4 is 0 Å². The second-order valence-electron chi connectivity index (χ2n) is 14.3. The van der Waals surface area contributed by atoms with Crippen LogP contribution in [0.1, 0.15) is 102 Å². The van der Waals surface area contributed by atoms with Crippen molar-refractivity contribution < 1.29 is 46.0 Å². The van der Waals surface area contributed by atoms with Crippen molar-refractivity contribution in [2.75, 3.05) is 81.8 Å². The molecule has 15 heteroatoms. The number of quaternary nitrogens is 2. The largest absolute Gasteiger partial charge is 0.472 e. The van der Waals surface area contributed by atoms with Crippen LogP contribution in [0.25, 0.3) is 0 Å². The zero-order valence-corrected chi connectivity index (χ0v) is 31.6. The monoisotopic (exact) mass is 699 g/mol. The molecule has 0 spiro atoms. The smallest absolute Gasteiger partial charge is 0.329 e. The van der Waals surface area contributed by atoms with Crippen molar-refractivity contribution in [3.63, 3.8) is 0 Å². The van der Waals surface area contributed by atoms with Gasteiger partial charge >= 0.3 is 15.6 Å². The standard InChI is InChI=1S/C31H65N5O8P2/c1-35(2,3)24-28-43-45(37,38)41-26-20-16-12-9-7-8-11-15-19-23-34-30-31(32-33-34)22-18-14-10-13-17-21-27-42-46(39,40)44-29-25-36(4,5)6/h30H,7-29H2,1-6H3/p+2. The normalized spacial score (nSPS) is 15.2. The summed E-state index contributed by atoms with van der Waals surface area (Å²) in [5.74, 6) is 0. The third-order valence-corrected chi connectivity index (χ3v) is 9.52. The molecular formula is C31H67N5O8P2+2. The maximum absolute atomic E-state index is 11.9. The molecule has 2 atom stereocenters. The average Bonchev–Trinajstić information content (AvgIpc) is 3.38. The first-order valence-corrected chi connectivity index (χ1v) is 20.3. The number of aromatic nitrogens is 3. The van der Waals surface area contributed by atoms with Crippen LogP contribution in [0, 0.1) is 0 Å². The van der Waals surface area contributed by atoms with Gasteiger partial charge in [0.2, 0.25) is 0 Å². The van der Waals surface area contributed by atoms with Gasteiger partial charge in [-0.25, -0.2) is 9.13 Å². The summed E-state index contributed by atoms with van der Waals surface area (Å²) in [6.07, 6.45) is 19.2. The summed E-state index contributed by atoms with van der Waals surface area (Å²) in [5.41, 5.74) is 1.05. The molecular weight excluding hydrogens is 632 g/mol. The first-order valence-electron chi connectivity index (χ1n) is 17.3. The molecule has 0 amide bonds. The minimum atomic E-state index is -3.95. The summed E-state index contributed by atoms with van der Waals surface area (Å²) in [6.45, 7) is 3.09. The highest BCUT2D eigenvalue weighted by atomic mass is 31.2. The first-order chi connectivity index (χ1) is 21.6. The number of hydrogen-bond acceptors (Lipinski definition) is 8. The molecule has 1 aromatic heterocycles. The second-order valence-corrected chi connectivity index (χ2v) is 17.2. The summed E-state index contributed by atoms with van der Waals surface area (Å²) in [7, 11) is 4.13. The molecule has 1 rings (SSSR count). The third kappa shape index (κ3) is 27.3. The van der Waals surface area contributed by atoms with Crippen molar-refractivity contribution in [1.82, 2.24) is 15.0 Å². The molecule has 2 N–H and O–H groups in total. The van der Waals surface area contributed by atoms with E-state index >= 15 is 0 Å². The van der Waals surface area contributed by atoms with E-state index in [0.717, 1.165) is 82.9 Å². The number of hydrogen-bond donors (Lipinski definition) is 2. The van der Waals surface area contributed by atoms with E-state index in [9.17, 15) is 18.9 Å². The van der Waals surface area contributed by atoms with Gasteiger partial charge in [0.15, 0.2) is 0 Å². The van der Waals surface area contributed by atoms with Crippen molar-refractivity contribution in [2.45, 2.75) is 109 Å². The van der Waals surface area contributed by atoms with Crippen molar-refractivity contribution in [3.8, 4) is 0 Å². The van der Waals surface area contributed by atoms with E-state index in [1.165, 1.54) is 32.1 Å². The fourth-order valence-corrected chi connectivity index (χ4v) is 6.08. The third-order valence-electron chi connectivity index (χ3n) is 7.49. The first kappa shape index (κ1) is 43.3. The van der Waals surface area contributed by atoms with Crippen molar-refractivity contribution in [2.24, 2.45) is 0 Å². The summed E-state index contributed by atoms with van der Waals surface area (Å²) >= 11 is 0. The Balaban J connectivity index is 1.92. The van der Waals surface area contributed by atoms with Gasteiger partial charge in [-0.15, -0.1) is 5.10 Å². The molecule has 13 nitrogen and oxygen atoms in total. The van der Waals surface area contributed by atoms with Gasteiger partial charge in [0.1, 0.15) is 26.3 Å². The van der Waals surface area contributed by atoms with Gasteiger partial charge in [-0.2, -0.15) is 0 Å². The zero-order valence-electron chi connectivity index (χ0n) is 29.8. The number of rotatable bonds is 31. The molecule has 0 saturated carbocycles. The number of phosphoric ester groups is 2. The van der Waals surface area contributed by atoms with Gasteiger partial charge in [0.05, 0.1) is 61.2 Å². The number of nitrogens with zero attached hydrogens (tertiary/aromatic N) is 5. The van der Waals surface area contributed by atoms with Crippen LogP contribution in [0.2, 0.25) is 0 Å². The van der Waals surface area contributed by atoms with Gasteiger partial charge in [-0.1, -0.05) is 75.8 Å². The molecule has 46 heavy (non-hydrogen) atoms. The van der Waals surface area contributed by atoms with Crippen molar-refractivity contribution >= 4 is 15.6 Å². The van der Waals surface area contributed by atoms with Gasteiger partial charge < -0.3 is 18.8 Å². The Hall–Kier alpha value is -0.720. The molecule has 1 heterocycles. The fraction of sp³-hybridized carbons (Fsp3) is 0.935. The SMILES string of the molecule is C[N+](C)(C)CCOP(=O)(O)OCCCCCCCCCCCn1cc(CCCCCCCCOP(=O)(O)OCC[N+](C)(C)C)nn1. The highest BCUT2D eigenvalue weighted by molar-refractivity contribution is 7.47. The number of phosphoric acid groups is 2. The molecule has 0 aliphatic rings. The Morgan fingerprint density at radius 3 is 1.39 bits per heavy atom. The number of aryl methyl sites for hydroxylation is 2. The quantitative estimate of drug-likeness (QED) is 0.0511. The lowest BCUT2D eigenvalue weighted by atomic mass is 10.1. The van der Waals surface area contributed by atoms with Crippen LogP contribution in [-0.2, 0) is 40.2 Å². The summed E-state index contributed by atoms with van der Waals surface area (Å²) in [6, 6.07) is 0. The van der Waals surface area contributed by atoms with Crippen molar-refractivity contribution in [1.29, 1.82) is 0 Å². The number of unbranched alkanes of at least 4 members (excludes halogenated alkanes) is 13. The number of likely N-dealkylation sites (N-methyl/N-ethyl adjacent to an activating group) is 2. The Bertz CT molecular complexity index is 1000. The van der Waals surface area contributed by atoms with E-state index in [4.69, 9.17) is 18.1 Å². The highest BCUT2D eigenvalue weighted by Crippen LogP contribution is 2.44. The predicted molar refractivity (Wildman–Crippen MR) is 182 cm³/mol. The van der Waals surface area contributed by atoms with E-state index in [2.05, 4.69) is 16.5 Å². The predicted octanol–water partition coefficient (Wildman–Crippen LogP) is 6.35. The van der Waals surface area contributed by atoms with Crippen LogP contribution >= 0.6 is 15.6 Å². The minimum absolute atomic E-state index is 0.196. The Morgan fingerprint density at radius 1 is 0.587 bits per heavy atom. The van der Waals surface area contributed by atoms with Crippen LogP contribution in [0.15, 0.2) is 6.20 Å². The molecule has 0 bridgehead atoms. The molecule has 1 aromatic rings. The minimum Gasteiger partial charge on any atom is -0.329 e. The maximum Gasteiger partial charge on any atom is 0.472 e. The van der Waals surface area contributed by atoms with Crippen LogP contribution in [0.3, 0.4) is 0 Å². The van der Waals surface area contributed by atoms with Crippen LogP contribution in [0.4, 0.5) is 0 Å². The highest BCUT2D eigenvalue weighted by Gasteiger charge is 2.23. The second kappa shape index (κ2) is 23.6. The fourth-order valence-electron chi connectivity index (χ4n) is 4.59. The Kier molecular flexibility index (Phi) is 22.2. The molecule has 272 valence electrons. The van der Waals surface area contributed by atoms with Gasteiger partial charge in [0.25, 0.3) is 0 Å². The average molecular weight is 700 g/mol. The lowest BCUT2D eigenvalue weighted by Crippen LogP contribution is -2.37. The topological polar surface area (TPSA) is 142 Å². The molecule has 0 aromatic carbocycles. The summed E-state index contributed by atoms with van der Waals surface area (Å²) in [5, 5.41) is 8.61. The van der Waals surface area contributed by atoms with Crippen LogP contribution in [0.5, 0.6) is 0 Å². The van der Waals surface area contributed by atoms with E-state index in [1.807, 2.05) is 47.0 Å².